The molecule has 0 radical (unpaired) electrons. The predicted octanol–water partition coefficient (Wildman–Crippen LogP) is -1.24. The van der Waals surface area contributed by atoms with Crippen molar-refractivity contribution < 1.29 is 14.2 Å². The summed E-state index contributed by atoms with van der Waals surface area (Å²) < 4.78 is 3.97. The van der Waals surface area contributed by atoms with Gasteiger partial charge in [-0.15, -0.1) is 0 Å². The van der Waals surface area contributed by atoms with E-state index in [0.29, 0.717) is 0 Å². The first-order valence-corrected chi connectivity index (χ1v) is 3.80. The minimum atomic E-state index is -3.31. The third-order valence-corrected chi connectivity index (χ3v) is 1.16. The molecule has 0 amide bonds. The average molecular weight is 126 g/mol. The van der Waals surface area contributed by atoms with Gasteiger partial charge in [-0.3, -0.25) is 0 Å². The summed E-state index contributed by atoms with van der Waals surface area (Å²) in [7, 11) is 1.15. The van der Waals surface area contributed by atoms with Gasteiger partial charge in [-0.05, 0) is 11.8 Å². The van der Waals surface area contributed by atoms with Gasteiger partial charge in [-0.1, -0.05) is 0 Å². The molecule has 0 rings (SSSR count). The van der Waals surface area contributed by atoms with Crippen molar-refractivity contribution in [3.8, 4) is 0 Å². The van der Waals surface area contributed by atoms with E-state index in [9.17, 15) is 0 Å². The van der Waals surface area contributed by atoms with Crippen LogP contribution in [0.5, 0.6) is 0 Å². The van der Waals surface area contributed by atoms with Gasteiger partial charge in [0.2, 0.25) is 0 Å². The lowest BCUT2D eigenvalue weighted by Gasteiger charge is -1.99. The van der Waals surface area contributed by atoms with Crippen molar-refractivity contribution in [2.75, 3.05) is 0 Å². The standard InChI is InChI=1S/BH4O3PS/c1-4-5(2,3)6/h1H2,(H2,2,3,6). The Morgan fingerprint density at radius 1 is 1.67 bits per heavy atom. The van der Waals surface area contributed by atoms with Crippen molar-refractivity contribution in [2.45, 2.75) is 0 Å². The van der Waals surface area contributed by atoms with Crippen LogP contribution in [0.4, 0.5) is 0 Å². The van der Waals surface area contributed by atoms with Gasteiger partial charge in [0.25, 0.3) is 8.05 Å². The van der Waals surface area contributed by atoms with Crippen molar-refractivity contribution in [3.05, 3.63) is 0 Å². The van der Waals surface area contributed by atoms with Gasteiger partial charge in [0.15, 0.2) is 0 Å². The van der Waals surface area contributed by atoms with Gasteiger partial charge in [-0.2, -0.15) is 0 Å². The van der Waals surface area contributed by atoms with Crippen molar-refractivity contribution >= 4 is 26.6 Å². The Morgan fingerprint density at radius 2 is 1.83 bits per heavy atom. The van der Waals surface area contributed by atoms with E-state index in [0.717, 1.165) is 8.05 Å². The molecule has 0 atom stereocenters. The Balaban J connectivity index is 3.48. The molecule has 0 heterocycles. The summed E-state index contributed by atoms with van der Waals surface area (Å²) in [5.74, 6) is 0. The van der Waals surface area contributed by atoms with Crippen LogP contribution in [0.1, 0.15) is 0 Å². The largest absolute Gasteiger partial charge is 0.380 e. The smallest absolute Gasteiger partial charge is 0.306 e. The third-order valence-electron chi connectivity index (χ3n) is 0.238. The fourth-order valence-electron chi connectivity index (χ4n) is 0. The molecule has 0 aromatic carbocycles. The van der Waals surface area contributed by atoms with Crippen molar-refractivity contribution in [1.29, 1.82) is 0 Å². The molecule has 0 unspecified atom stereocenters. The van der Waals surface area contributed by atoms with Gasteiger partial charge < -0.3 is 14.2 Å². The highest BCUT2D eigenvalue weighted by atomic mass is 32.5. The fraction of sp³-hybridized carbons (Fsp3) is 0. The van der Waals surface area contributed by atoms with E-state index in [4.69, 9.17) is 9.79 Å². The average Bonchev–Trinajstić information content (AvgIpc) is 1.35. The van der Waals surface area contributed by atoms with Crippen LogP contribution in [0.2, 0.25) is 0 Å². The van der Waals surface area contributed by atoms with E-state index in [1.807, 2.05) is 0 Å². The summed E-state index contributed by atoms with van der Waals surface area (Å²) in [6, 6.07) is 0. The van der Waals surface area contributed by atoms with E-state index >= 15 is 0 Å². The molecule has 0 saturated heterocycles. The third kappa shape index (κ3) is 4.59. The molecule has 6 heavy (non-hydrogen) atoms. The second-order valence-electron chi connectivity index (χ2n) is 0.673. The molecular weight excluding hydrogens is 122 g/mol. The van der Waals surface area contributed by atoms with Gasteiger partial charge in [0.1, 0.15) is 0 Å². The van der Waals surface area contributed by atoms with Crippen LogP contribution < -0.4 is 0 Å². The molecule has 0 bridgehead atoms. The van der Waals surface area contributed by atoms with Crippen LogP contribution in [0, 0.1) is 0 Å². The lowest BCUT2D eigenvalue weighted by molar-refractivity contribution is 0.384. The van der Waals surface area contributed by atoms with E-state index in [1.54, 1.807) is 0 Å². The summed E-state index contributed by atoms with van der Waals surface area (Å²) in [5.41, 5.74) is 0. The quantitative estimate of drug-likeness (QED) is 0.340. The maximum atomic E-state index is 8.09. The lowest BCUT2D eigenvalue weighted by atomic mass is 10.6. The van der Waals surface area contributed by atoms with E-state index in [1.165, 1.54) is 0 Å². The molecule has 0 aromatic heterocycles. The Bertz CT molecular complexity index is 74.9. The Kier molecular flexibility index (Phi) is 2.25. The Hall–Kier alpha value is 0.595. The molecule has 0 aromatic rings. The molecular formula is H4BO3PS. The molecule has 0 spiro atoms. The van der Waals surface area contributed by atoms with Gasteiger partial charge >= 0.3 is 6.72 Å². The number of hydrogen-bond acceptors (Lipinski definition) is 2. The fourth-order valence-corrected chi connectivity index (χ4v) is 0. The minimum Gasteiger partial charge on any atom is -0.380 e. The highest BCUT2D eigenvalue weighted by molar-refractivity contribution is 8.06. The monoisotopic (exact) mass is 126 g/mol. The summed E-state index contributed by atoms with van der Waals surface area (Å²) in [6.07, 6.45) is 0. The Morgan fingerprint density at radius 3 is 1.83 bits per heavy atom. The molecule has 0 aliphatic carbocycles. The first kappa shape index (κ1) is 6.59. The van der Waals surface area contributed by atoms with E-state index < -0.39 is 6.72 Å². The maximum absolute atomic E-state index is 8.09. The topological polar surface area (TPSA) is 49.7 Å². The Labute approximate surface area is 41.6 Å². The summed E-state index contributed by atoms with van der Waals surface area (Å²) in [6.45, 7) is -3.31. The molecule has 36 valence electrons. The molecule has 0 aliphatic heterocycles. The van der Waals surface area contributed by atoms with Gasteiger partial charge in [0.05, 0.1) is 0 Å². The van der Waals surface area contributed by atoms with Crippen LogP contribution >= 0.6 is 6.72 Å². The number of hydrogen-bond donors (Lipinski definition) is 2. The number of rotatable bonds is 1. The van der Waals surface area contributed by atoms with Crippen molar-refractivity contribution in [2.24, 2.45) is 0 Å². The molecule has 3 nitrogen and oxygen atoms in total. The molecule has 2 N–H and O–H groups in total. The lowest BCUT2D eigenvalue weighted by Crippen LogP contribution is -1.77. The summed E-state index contributed by atoms with van der Waals surface area (Å²) >= 11 is 3.99. The van der Waals surface area contributed by atoms with Crippen molar-refractivity contribution in [3.63, 3.8) is 0 Å². The predicted molar refractivity (Wildman–Crippen MR) is 28.4 cm³/mol. The zero-order valence-corrected chi connectivity index (χ0v) is 4.87. The zero-order chi connectivity index (χ0) is 5.21. The van der Waals surface area contributed by atoms with Crippen LogP contribution in [-0.2, 0) is 16.2 Å². The van der Waals surface area contributed by atoms with Gasteiger partial charge in [0, 0.05) is 0 Å². The first-order chi connectivity index (χ1) is 2.56. The molecule has 6 heteroatoms. The zero-order valence-electron chi connectivity index (χ0n) is 3.16. The molecule has 0 saturated carbocycles. The SMILES string of the molecule is BOP(O)(O)=S. The van der Waals surface area contributed by atoms with Crippen LogP contribution in [0.15, 0.2) is 0 Å². The normalized spacial score (nSPS) is 11.7. The molecule has 0 fully saturated rings. The maximum Gasteiger partial charge on any atom is 0.306 e. The minimum absolute atomic E-state index is 1.15. The molecule has 0 aliphatic rings. The second-order valence-corrected chi connectivity index (χ2v) is 3.45. The van der Waals surface area contributed by atoms with Crippen LogP contribution in [0.3, 0.4) is 0 Å². The van der Waals surface area contributed by atoms with E-state index in [-0.39, 0.29) is 0 Å². The van der Waals surface area contributed by atoms with Gasteiger partial charge in [-0.25, -0.2) is 0 Å². The van der Waals surface area contributed by atoms with E-state index in [2.05, 4.69) is 16.2 Å². The second kappa shape index (κ2) is 2.05. The highest BCUT2D eigenvalue weighted by Crippen LogP contribution is 2.33. The highest BCUT2D eigenvalue weighted by Gasteiger charge is 1.99. The summed E-state index contributed by atoms with van der Waals surface area (Å²) in [5, 5.41) is 0. The summed E-state index contributed by atoms with van der Waals surface area (Å²) in [4.78, 5) is 16.2. The van der Waals surface area contributed by atoms with Crippen LogP contribution in [-0.4, -0.2) is 17.8 Å². The van der Waals surface area contributed by atoms with Crippen molar-refractivity contribution in [1.82, 2.24) is 0 Å². The van der Waals surface area contributed by atoms with Crippen LogP contribution in [0.25, 0.3) is 0 Å². The first-order valence-electron chi connectivity index (χ1n) is 1.17.